The van der Waals surface area contributed by atoms with E-state index in [0.29, 0.717) is 6.54 Å². The first-order valence-electron chi connectivity index (χ1n) is 11.9. The van der Waals surface area contributed by atoms with Gasteiger partial charge >= 0.3 is 6.18 Å². The van der Waals surface area contributed by atoms with Crippen molar-refractivity contribution in [1.82, 2.24) is 15.3 Å². The first-order chi connectivity index (χ1) is 18.9. The number of rotatable bonds is 6. The monoisotopic (exact) mass is 575 g/mol. The second-order valence-electron chi connectivity index (χ2n) is 8.93. The van der Waals surface area contributed by atoms with E-state index >= 15 is 0 Å². The Labute approximate surface area is 225 Å². The van der Waals surface area contributed by atoms with Gasteiger partial charge in [0.15, 0.2) is 5.76 Å². The smallest absolute Gasteiger partial charge is 0.451 e. The van der Waals surface area contributed by atoms with Crippen molar-refractivity contribution in [2.75, 3.05) is 24.5 Å². The molecular weight excluding hydrogens is 554 g/mol. The minimum atomic E-state index is -4.99. The molecule has 0 saturated carbocycles. The molecule has 14 heteroatoms. The van der Waals surface area contributed by atoms with Crippen LogP contribution in [-0.4, -0.2) is 49.8 Å². The van der Waals surface area contributed by atoms with Crippen LogP contribution in [0.1, 0.15) is 16.4 Å². The van der Waals surface area contributed by atoms with E-state index in [1.54, 1.807) is 0 Å². The van der Waals surface area contributed by atoms with E-state index in [1.807, 2.05) is 0 Å². The second-order valence-corrected chi connectivity index (χ2v) is 10.5. The average molecular weight is 576 g/mol. The average Bonchev–Trinajstić information content (AvgIpc) is 3.47. The van der Waals surface area contributed by atoms with Crippen LogP contribution in [0.25, 0.3) is 22.4 Å². The number of nitrogens with one attached hydrogen (secondary N) is 1. The van der Waals surface area contributed by atoms with Crippen molar-refractivity contribution >= 4 is 21.6 Å². The van der Waals surface area contributed by atoms with Crippen LogP contribution in [0.5, 0.6) is 0 Å². The van der Waals surface area contributed by atoms with Crippen molar-refractivity contribution in [3.05, 3.63) is 84.3 Å². The Kier molecular flexibility index (Phi) is 7.16. The maximum atomic E-state index is 14.1. The number of alkyl halides is 3. The number of carbonyl (C=O) groups excluding carboxylic acids is 1. The highest BCUT2D eigenvalue weighted by atomic mass is 32.2. The maximum Gasteiger partial charge on any atom is 0.451 e. The molecule has 3 N–H and O–H groups in total. The molecule has 4 aromatic rings. The Bertz CT molecular complexity index is 1660. The molecule has 2 aromatic heterocycles. The molecule has 1 fully saturated rings. The normalized spacial score (nSPS) is 16.2. The van der Waals surface area contributed by atoms with Crippen LogP contribution in [0.4, 0.5) is 23.4 Å². The zero-order valence-electron chi connectivity index (χ0n) is 20.5. The standard InChI is InChI=1S/C26H21F4N5O4S/c27-17-8-6-15(7-9-17)22-21(16-3-1-4-18(13-16)40(31,37)38)24(34-25(33-22)26(28,29)30)35-11-10-32-14-19(35)23(36)20-5-2-12-39-20/h1-9,12-13,19,32H,10-11,14H2,(H2,31,37,38). The van der Waals surface area contributed by atoms with Crippen molar-refractivity contribution in [3.63, 3.8) is 0 Å². The van der Waals surface area contributed by atoms with Gasteiger partial charge in [0.2, 0.25) is 21.6 Å². The number of Topliss-reactive ketones (excluding diaryl/α,β-unsaturated/α-hetero) is 1. The number of nitrogens with zero attached hydrogens (tertiary/aromatic N) is 3. The molecule has 9 nitrogen and oxygen atoms in total. The van der Waals surface area contributed by atoms with Crippen molar-refractivity contribution in [1.29, 1.82) is 0 Å². The van der Waals surface area contributed by atoms with Crippen LogP contribution in [0.15, 0.2) is 76.2 Å². The lowest BCUT2D eigenvalue weighted by Crippen LogP contribution is -2.55. The highest BCUT2D eigenvalue weighted by Crippen LogP contribution is 2.41. The number of aromatic nitrogens is 2. The third kappa shape index (κ3) is 5.46. The summed E-state index contributed by atoms with van der Waals surface area (Å²) < 4.78 is 85.7. The van der Waals surface area contributed by atoms with E-state index in [9.17, 15) is 30.8 Å². The predicted octanol–water partition coefficient (Wildman–Crippen LogP) is 3.87. The Balaban J connectivity index is 1.83. The number of hydrogen-bond donors (Lipinski definition) is 2. The molecule has 0 radical (unpaired) electrons. The van der Waals surface area contributed by atoms with E-state index in [0.717, 1.165) is 12.1 Å². The molecule has 1 unspecified atom stereocenters. The highest BCUT2D eigenvalue weighted by Gasteiger charge is 2.40. The minimum absolute atomic E-state index is 0.000307. The molecule has 0 amide bonds. The Morgan fingerprint density at radius 1 is 1.05 bits per heavy atom. The number of ketones is 1. The summed E-state index contributed by atoms with van der Waals surface area (Å²) in [5.74, 6) is -2.88. The largest absolute Gasteiger partial charge is 0.461 e. The lowest BCUT2D eigenvalue weighted by Gasteiger charge is -2.37. The fourth-order valence-electron chi connectivity index (χ4n) is 4.47. The van der Waals surface area contributed by atoms with Crippen LogP contribution in [-0.2, 0) is 16.2 Å². The Morgan fingerprint density at radius 2 is 1.80 bits per heavy atom. The van der Waals surface area contributed by atoms with Gasteiger partial charge in [-0.2, -0.15) is 13.2 Å². The molecule has 0 bridgehead atoms. The van der Waals surface area contributed by atoms with Gasteiger partial charge in [-0.25, -0.2) is 27.9 Å². The number of anilines is 1. The number of hydrogen-bond acceptors (Lipinski definition) is 8. The predicted molar refractivity (Wildman–Crippen MR) is 136 cm³/mol. The number of furan rings is 1. The van der Waals surface area contributed by atoms with Gasteiger partial charge in [0.25, 0.3) is 0 Å². The topological polar surface area (TPSA) is 131 Å². The Hall–Kier alpha value is -4.14. The number of piperazine rings is 1. The van der Waals surface area contributed by atoms with Crippen molar-refractivity contribution in [2.24, 2.45) is 5.14 Å². The van der Waals surface area contributed by atoms with Crippen LogP contribution in [0.3, 0.4) is 0 Å². The fraction of sp³-hybridized carbons (Fsp3) is 0.192. The summed E-state index contributed by atoms with van der Waals surface area (Å²) >= 11 is 0. The molecule has 0 aliphatic carbocycles. The van der Waals surface area contributed by atoms with Crippen LogP contribution >= 0.6 is 0 Å². The van der Waals surface area contributed by atoms with Crippen LogP contribution < -0.4 is 15.4 Å². The van der Waals surface area contributed by atoms with Crippen molar-refractivity contribution in [2.45, 2.75) is 17.1 Å². The van der Waals surface area contributed by atoms with Gasteiger partial charge in [0.1, 0.15) is 17.7 Å². The number of primary sulfonamides is 1. The van der Waals surface area contributed by atoms with Gasteiger partial charge in [-0.05, 0) is 54.1 Å². The molecule has 1 aliphatic heterocycles. The maximum absolute atomic E-state index is 14.1. The van der Waals surface area contributed by atoms with Crippen molar-refractivity contribution in [3.8, 4) is 22.4 Å². The molecule has 1 atom stereocenters. The summed E-state index contributed by atoms with van der Waals surface area (Å²) in [4.78, 5) is 22.2. The van der Waals surface area contributed by atoms with Gasteiger partial charge in [0.05, 0.1) is 22.4 Å². The van der Waals surface area contributed by atoms with E-state index in [1.165, 1.54) is 59.7 Å². The second kappa shape index (κ2) is 10.4. The molecular formula is C26H21F4N5O4S. The number of benzene rings is 2. The fourth-order valence-corrected chi connectivity index (χ4v) is 5.03. The van der Waals surface area contributed by atoms with Gasteiger partial charge in [-0.15, -0.1) is 0 Å². The summed E-state index contributed by atoms with van der Waals surface area (Å²) in [6.45, 7) is 0.430. The summed E-state index contributed by atoms with van der Waals surface area (Å²) in [5.41, 5.74) is -0.0104. The molecule has 3 heterocycles. The molecule has 1 aliphatic rings. The molecule has 208 valence electrons. The molecule has 2 aromatic carbocycles. The number of nitrogens with two attached hydrogens (primary N) is 1. The lowest BCUT2D eigenvalue weighted by molar-refractivity contribution is -0.144. The highest BCUT2D eigenvalue weighted by molar-refractivity contribution is 7.89. The number of sulfonamides is 1. The van der Waals surface area contributed by atoms with Gasteiger partial charge in [-0.1, -0.05) is 12.1 Å². The summed E-state index contributed by atoms with van der Waals surface area (Å²) in [7, 11) is -4.20. The van der Waals surface area contributed by atoms with Gasteiger partial charge in [0, 0.05) is 25.2 Å². The minimum Gasteiger partial charge on any atom is -0.461 e. The molecule has 40 heavy (non-hydrogen) atoms. The number of carbonyl (C=O) groups is 1. The first kappa shape index (κ1) is 27.4. The van der Waals surface area contributed by atoms with Gasteiger partial charge < -0.3 is 14.6 Å². The quantitative estimate of drug-likeness (QED) is 0.262. The lowest BCUT2D eigenvalue weighted by atomic mass is 9.97. The zero-order valence-corrected chi connectivity index (χ0v) is 21.3. The third-order valence-corrected chi connectivity index (χ3v) is 7.21. The summed E-state index contributed by atoms with van der Waals surface area (Å²) in [6, 6.07) is 11.8. The van der Waals surface area contributed by atoms with E-state index in [-0.39, 0.29) is 51.9 Å². The summed E-state index contributed by atoms with van der Waals surface area (Å²) in [6.07, 6.45) is -3.68. The molecule has 1 saturated heterocycles. The van der Waals surface area contributed by atoms with Crippen molar-refractivity contribution < 1.29 is 35.2 Å². The van der Waals surface area contributed by atoms with E-state index in [2.05, 4.69) is 15.3 Å². The SMILES string of the molecule is NS(=O)(=O)c1cccc(-c2c(-c3ccc(F)cc3)nc(C(F)(F)F)nc2N2CCNCC2C(=O)c2ccco2)c1. The third-order valence-electron chi connectivity index (χ3n) is 6.29. The molecule has 5 rings (SSSR count). The summed E-state index contributed by atoms with van der Waals surface area (Å²) in [5, 5.41) is 8.38. The Morgan fingerprint density at radius 3 is 2.45 bits per heavy atom. The van der Waals surface area contributed by atoms with E-state index < -0.39 is 39.7 Å². The zero-order chi connectivity index (χ0) is 28.7. The van der Waals surface area contributed by atoms with Crippen LogP contribution in [0, 0.1) is 5.82 Å². The molecule has 0 spiro atoms. The first-order valence-corrected chi connectivity index (χ1v) is 13.4. The number of halogens is 4. The van der Waals surface area contributed by atoms with Gasteiger partial charge in [-0.3, -0.25) is 4.79 Å². The van der Waals surface area contributed by atoms with E-state index in [4.69, 9.17) is 9.56 Å². The van der Waals surface area contributed by atoms with Crippen LogP contribution in [0.2, 0.25) is 0 Å².